The molecule has 0 saturated heterocycles. The van der Waals surface area contributed by atoms with Gasteiger partial charge in [0.1, 0.15) is 42.6 Å². The first-order valence-electron chi connectivity index (χ1n) is 16.1. The van der Waals surface area contributed by atoms with Gasteiger partial charge < -0.3 is 19.5 Å². The van der Waals surface area contributed by atoms with Gasteiger partial charge in [0.05, 0.1) is 42.0 Å². The van der Waals surface area contributed by atoms with Crippen molar-refractivity contribution in [2.45, 2.75) is 18.9 Å². The third kappa shape index (κ3) is 7.72. The molecule has 7 aromatic rings. The number of methoxy groups -OCH3 is 1. The maximum absolute atomic E-state index is 14.0. The Kier molecular flexibility index (Phi) is 9.95. The number of rotatable bonds is 14. The van der Waals surface area contributed by atoms with E-state index in [1.54, 1.807) is 44.0 Å². The zero-order valence-electron chi connectivity index (χ0n) is 27.6. The summed E-state index contributed by atoms with van der Waals surface area (Å²) in [7, 11) is -2.26. The van der Waals surface area contributed by atoms with Gasteiger partial charge >= 0.3 is 0 Å². The third-order valence-corrected chi connectivity index (χ3v) is 9.88. The van der Waals surface area contributed by atoms with E-state index in [1.807, 2.05) is 72.8 Å². The Bertz CT molecular complexity index is 2410. The summed E-state index contributed by atoms with van der Waals surface area (Å²) in [6, 6.07) is 26.3. The third-order valence-electron chi connectivity index (χ3n) is 8.15. The van der Waals surface area contributed by atoms with Crippen molar-refractivity contribution < 1.29 is 22.6 Å². The molecular formula is C38H33ClN6O5S. The molecule has 0 saturated carbocycles. The van der Waals surface area contributed by atoms with Crippen molar-refractivity contribution >= 4 is 49.4 Å². The monoisotopic (exact) mass is 720 g/mol. The summed E-state index contributed by atoms with van der Waals surface area (Å²) in [5, 5.41) is 4.75. The summed E-state index contributed by atoms with van der Waals surface area (Å²) in [4.78, 5) is 17.9. The molecule has 1 N–H and O–H groups in total. The Morgan fingerprint density at radius 1 is 0.804 bits per heavy atom. The molecule has 3 aromatic carbocycles. The molecule has 4 heterocycles. The smallest absolute Gasteiger partial charge is 0.244 e. The van der Waals surface area contributed by atoms with Gasteiger partial charge in [-0.1, -0.05) is 48.5 Å². The van der Waals surface area contributed by atoms with Crippen LogP contribution in [-0.2, 0) is 28.9 Å². The van der Waals surface area contributed by atoms with Gasteiger partial charge in [0.25, 0.3) is 0 Å². The van der Waals surface area contributed by atoms with Crippen LogP contribution in [0.5, 0.6) is 17.2 Å². The van der Waals surface area contributed by atoms with Gasteiger partial charge in [-0.15, -0.1) is 11.6 Å². The topological polar surface area (TPSA) is 130 Å². The molecule has 0 aliphatic heterocycles. The van der Waals surface area contributed by atoms with Crippen LogP contribution >= 0.6 is 11.6 Å². The number of hydrogen-bond acceptors (Lipinski definition) is 10. The van der Waals surface area contributed by atoms with Gasteiger partial charge in [0.2, 0.25) is 10.0 Å². The maximum Gasteiger partial charge on any atom is 0.244 e. The van der Waals surface area contributed by atoms with Crippen molar-refractivity contribution in [3.8, 4) is 28.4 Å². The predicted molar refractivity (Wildman–Crippen MR) is 198 cm³/mol. The molecule has 13 heteroatoms. The highest BCUT2D eigenvalue weighted by Crippen LogP contribution is 2.37. The lowest BCUT2D eigenvalue weighted by atomic mass is 10.0. The Morgan fingerprint density at radius 3 is 2.43 bits per heavy atom. The van der Waals surface area contributed by atoms with Gasteiger partial charge in [0.15, 0.2) is 5.65 Å². The van der Waals surface area contributed by atoms with E-state index in [0.29, 0.717) is 59.5 Å². The van der Waals surface area contributed by atoms with E-state index in [1.165, 1.54) is 10.3 Å². The number of fused-ring (bicyclic) bond motifs is 2. The molecular weight excluding hydrogens is 688 g/mol. The number of ether oxygens (including phenoxy) is 3. The Morgan fingerprint density at radius 2 is 1.63 bits per heavy atom. The van der Waals surface area contributed by atoms with Crippen molar-refractivity contribution in [1.82, 2.24) is 23.9 Å². The summed E-state index contributed by atoms with van der Waals surface area (Å²) >= 11 is 5.79. The molecule has 0 spiro atoms. The lowest BCUT2D eigenvalue weighted by molar-refractivity contribution is 0.305. The van der Waals surface area contributed by atoms with Crippen LogP contribution in [0, 0.1) is 0 Å². The van der Waals surface area contributed by atoms with E-state index in [0.717, 1.165) is 33.3 Å². The summed E-state index contributed by atoms with van der Waals surface area (Å²) < 4.78 is 46.2. The van der Waals surface area contributed by atoms with Crippen LogP contribution in [0.4, 0.5) is 5.82 Å². The number of aromatic nitrogens is 5. The zero-order valence-corrected chi connectivity index (χ0v) is 29.1. The molecule has 11 nitrogen and oxygen atoms in total. The molecule has 0 radical (unpaired) electrons. The lowest BCUT2D eigenvalue weighted by Crippen LogP contribution is -2.14. The van der Waals surface area contributed by atoms with E-state index in [9.17, 15) is 8.42 Å². The number of hydrogen-bond donors (Lipinski definition) is 1. The molecule has 0 atom stereocenters. The molecule has 4 aromatic heterocycles. The highest BCUT2D eigenvalue weighted by molar-refractivity contribution is 7.89. The first-order chi connectivity index (χ1) is 24.9. The van der Waals surface area contributed by atoms with Gasteiger partial charge in [-0.05, 0) is 58.7 Å². The Balaban J connectivity index is 1.26. The number of halogens is 1. The minimum Gasteiger partial charge on any atom is -0.497 e. The summed E-state index contributed by atoms with van der Waals surface area (Å²) in [6.07, 6.45) is 8.01. The first-order valence-corrected chi connectivity index (χ1v) is 18.2. The second-order valence-electron chi connectivity index (χ2n) is 11.6. The Labute approximate surface area is 299 Å². The number of nitrogens with one attached hydrogen (secondary N) is 1. The molecule has 51 heavy (non-hydrogen) atoms. The average molecular weight is 721 g/mol. The van der Waals surface area contributed by atoms with Crippen LogP contribution in [0.1, 0.15) is 16.7 Å². The van der Waals surface area contributed by atoms with Crippen molar-refractivity contribution in [2.24, 2.45) is 0 Å². The largest absolute Gasteiger partial charge is 0.497 e. The van der Waals surface area contributed by atoms with Crippen LogP contribution < -0.4 is 19.5 Å². The number of pyridine rings is 2. The van der Waals surface area contributed by atoms with Crippen LogP contribution in [-0.4, -0.2) is 51.9 Å². The maximum atomic E-state index is 14.0. The number of anilines is 1. The molecule has 0 bridgehead atoms. The molecule has 0 unspecified atom stereocenters. The van der Waals surface area contributed by atoms with Gasteiger partial charge in [-0.25, -0.2) is 22.4 Å². The van der Waals surface area contributed by atoms with Crippen LogP contribution in [0.25, 0.3) is 33.1 Å². The fourth-order valence-electron chi connectivity index (χ4n) is 5.68. The summed E-state index contributed by atoms with van der Waals surface area (Å²) in [5.41, 5.74) is 4.89. The molecule has 0 fully saturated rings. The fraction of sp³-hybridized carbons (Fsp3) is 0.158. The lowest BCUT2D eigenvalue weighted by Gasteiger charge is -2.11. The number of alkyl halides is 1. The molecule has 258 valence electrons. The normalized spacial score (nSPS) is 11.5. The molecule has 7 rings (SSSR count). The molecule has 0 aliphatic carbocycles. The second-order valence-corrected chi connectivity index (χ2v) is 13.9. The second kappa shape index (κ2) is 15.0. The fourth-order valence-corrected chi connectivity index (χ4v) is 7.18. The molecule has 0 aliphatic rings. The molecule has 0 amide bonds. The summed E-state index contributed by atoms with van der Waals surface area (Å²) in [6.45, 7) is 1.06. The van der Waals surface area contributed by atoms with Crippen LogP contribution in [0.2, 0.25) is 0 Å². The van der Waals surface area contributed by atoms with Gasteiger partial charge in [0, 0.05) is 29.9 Å². The quantitative estimate of drug-likeness (QED) is 0.115. The summed E-state index contributed by atoms with van der Waals surface area (Å²) in [5.74, 6) is 2.58. The minimum absolute atomic E-state index is 0.207. The van der Waals surface area contributed by atoms with Crippen molar-refractivity contribution in [1.29, 1.82) is 0 Å². The van der Waals surface area contributed by atoms with Crippen LogP contribution in [0.15, 0.2) is 116 Å². The minimum atomic E-state index is -3.89. The van der Waals surface area contributed by atoms with E-state index < -0.39 is 10.0 Å². The zero-order chi connectivity index (χ0) is 35.2. The van der Waals surface area contributed by atoms with Gasteiger partial charge in [-0.2, -0.15) is 0 Å². The van der Waals surface area contributed by atoms with E-state index in [4.69, 9.17) is 25.8 Å². The average Bonchev–Trinajstić information content (AvgIpc) is 3.57. The SMILES string of the molecule is COc1ccc(COc2cnc3ccc(-c4cn(S(=O)(=O)Cc5ccccc5)c5ncnc(NCc6cncc(OCCCl)c6)c45)cc3c2)cc1. The van der Waals surface area contributed by atoms with Crippen molar-refractivity contribution in [3.05, 3.63) is 133 Å². The van der Waals surface area contributed by atoms with Gasteiger partial charge in [-0.3, -0.25) is 9.97 Å². The van der Waals surface area contributed by atoms with E-state index in [-0.39, 0.29) is 11.4 Å². The number of nitrogens with zero attached hydrogens (tertiary/aromatic N) is 5. The Hall–Kier alpha value is -5.72. The standard InChI is InChI=1S/C38H33ClN6O5S/c1-48-31-10-7-26(8-11-31)23-50-33-17-30-16-29(9-12-35(30)41-21-33)34-22-45(51(46,47)24-27-5-3-2-4-6-27)38-36(34)37(43-25-44-38)42-19-28-15-32(20-40-18-28)49-14-13-39/h2-12,15-18,20-22,25H,13-14,19,23-24H2,1H3,(H,42,43,44). The highest BCUT2D eigenvalue weighted by Gasteiger charge is 2.24. The highest BCUT2D eigenvalue weighted by atomic mass is 35.5. The van der Waals surface area contributed by atoms with Crippen molar-refractivity contribution in [2.75, 3.05) is 24.9 Å². The first kappa shape index (κ1) is 33.8. The van der Waals surface area contributed by atoms with E-state index >= 15 is 0 Å². The van der Waals surface area contributed by atoms with E-state index in [2.05, 4.69) is 25.3 Å². The predicted octanol–water partition coefficient (Wildman–Crippen LogP) is 7.24. The van der Waals surface area contributed by atoms with Crippen LogP contribution in [0.3, 0.4) is 0 Å². The number of benzene rings is 3. The van der Waals surface area contributed by atoms with Crippen molar-refractivity contribution in [3.63, 3.8) is 0 Å².